The lowest BCUT2D eigenvalue weighted by Gasteiger charge is -2.32. The Bertz CT molecular complexity index is 2930. The van der Waals surface area contributed by atoms with E-state index in [1.165, 1.54) is 28.3 Å². The summed E-state index contributed by atoms with van der Waals surface area (Å²) in [5.74, 6) is -1.57. The molecule has 0 bridgehead atoms. The number of benzene rings is 3. The number of carbonyl (C=O) groups is 6. The molecule has 0 saturated heterocycles. The lowest BCUT2D eigenvalue weighted by atomic mass is 9.95. The fourth-order valence-electron chi connectivity index (χ4n) is 8.85. The number of thioether (sulfide) groups is 1. The van der Waals surface area contributed by atoms with Crippen molar-refractivity contribution in [3.63, 3.8) is 0 Å². The van der Waals surface area contributed by atoms with Gasteiger partial charge in [0.1, 0.15) is 28.9 Å². The van der Waals surface area contributed by atoms with Crippen LogP contribution in [0.15, 0.2) is 101 Å². The molecule has 18 nitrogen and oxygen atoms in total. The average molecular weight is 1110 g/mol. The first-order chi connectivity index (χ1) is 36.8. The van der Waals surface area contributed by atoms with Gasteiger partial charge in [0.05, 0.1) is 34.8 Å². The van der Waals surface area contributed by atoms with E-state index >= 15 is 9.59 Å². The van der Waals surface area contributed by atoms with Gasteiger partial charge in [-0.05, 0) is 141 Å². The second-order valence-corrected chi connectivity index (χ2v) is 23.7. The molecule has 2 aliphatic heterocycles. The van der Waals surface area contributed by atoms with Crippen LogP contribution in [0.2, 0.25) is 0 Å². The molecule has 0 saturated carbocycles. The molecule has 418 valence electrons. The number of fused-ring (bicyclic) bond motifs is 2. The Morgan fingerprint density at radius 1 is 0.769 bits per heavy atom. The molecule has 20 heteroatoms. The molecular formula is C58H74ClN9O9S. The SMILES string of the molecule is CN1C(=O)[C@H](CCCCNC(=O)OC(C)(C)C)NC(=O)[C@H](CCCNC(=O)OC(C)(C)C)NCc2ccccc2SC2=C(CNC(=O)[C@@H]1Cc1cn(C(=O)OC(C)(C)C)c3ccccc13)C(c1ccc(C#N)cc1)=CCN2Cl. The van der Waals surface area contributed by atoms with Gasteiger partial charge in [0.15, 0.2) is 0 Å². The van der Waals surface area contributed by atoms with E-state index in [1.54, 1.807) is 97.2 Å². The monoisotopic (exact) mass is 1110 g/mol. The summed E-state index contributed by atoms with van der Waals surface area (Å²) in [5.41, 5.74) is 2.44. The molecule has 5 N–H and O–H groups in total. The van der Waals surface area contributed by atoms with Crippen LogP contribution < -0.4 is 26.6 Å². The maximum absolute atomic E-state index is 15.3. The number of carbonyl (C=O) groups excluding carboxylic acids is 6. The lowest BCUT2D eigenvalue weighted by Crippen LogP contribution is -2.57. The van der Waals surface area contributed by atoms with E-state index in [1.807, 2.05) is 54.6 Å². The summed E-state index contributed by atoms with van der Waals surface area (Å²) in [6, 6.07) is 21.0. The molecule has 0 unspecified atom stereocenters. The van der Waals surface area contributed by atoms with Gasteiger partial charge >= 0.3 is 18.3 Å². The summed E-state index contributed by atoms with van der Waals surface area (Å²) in [4.78, 5) is 86.6. The van der Waals surface area contributed by atoms with Gasteiger partial charge in [-0.1, -0.05) is 66.4 Å². The van der Waals surface area contributed by atoms with Crippen LogP contribution in [0.4, 0.5) is 14.4 Å². The molecule has 3 aromatic carbocycles. The van der Waals surface area contributed by atoms with Crippen molar-refractivity contribution in [2.75, 3.05) is 33.2 Å². The number of alkyl carbamates (subject to hydrolysis) is 2. The maximum Gasteiger partial charge on any atom is 0.419 e. The zero-order valence-corrected chi connectivity index (χ0v) is 47.9. The highest BCUT2D eigenvalue weighted by Gasteiger charge is 2.36. The number of para-hydroxylation sites is 1. The van der Waals surface area contributed by atoms with Crippen molar-refractivity contribution in [3.8, 4) is 6.07 Å². The van der Waals surface area contributed by atoms with E-state index in [9.17, 15) is 24.4 Å². The Labute approximate surface area is 467 Å². The summed E-state index contributed by atoms with van der Waals surface area (Å²) >= 11 is 8.53. The molecule has 6 rings (SSSR count). The second kappa shape index (κ2) is 26.6. The Morgan fingerprint density at radius 3 is 2.04 bits per heavy atom. The normalized spacial score (nSPS) is 18.1. The van der Waals surface area contributed by atoms with Gasteiger partial charge in [0, 0.05) is 73.5 Å². The third-order valence-corrected chi connectivity index (χ3v) is 14.2. The summed E-state index contributed by atoms with van der Waals surface area (Å²) < 4.78 is 19.6. The van der Waals surface area contributed by atoms with Crippen LogP contribution in [0.25, 0.3) is 16.5 Å². The fourth-order valence-corrected chi connectivity index (χ4v) is 10.2. The predicted octanol–water partition coefficient (Wildman–Crippen LogP) is 9.30. The van der Waals surface area contributed by atoms with Gasteiger partial charge in [-0.25, -0.2) is 14.4 Å². The van der Waals surface area contributed by atoms with Gasteiger partial charge in [-0.2, -0.15) is 5.26 Å². The Morgan fingerprint density at radius 2 is 1.38 bits per heavy atom. The Kier molecular flexibility index (Phi) is 20.5. The number of nitriles is 1. The fraction of sp³-hybridized carbons (Fsp3) is 0.466. The van der Waals surface area contributed by atoms with E-state index < -0.39 is 70.9 Å². The molecule has 0 radical (unpaired) electrons. The third kappa shape index (κ3) is 17.2. The third-order valence-electron chi connectivity index (χ3n) is 12.5. The Balaban J connectivity index is 1.45. The molecule has 0 spiro atoms. The standard InChI is InChI=1S/C58H74ClN9O9S/c1-56(2,3)75-53(72)61-29-16-15-20-45-51(71)66(10)47(32-40-36-67(55(74)77-58(7,8)9)46-22-13-12-19-42(40)46)50(70)64-35-43-41(38-26-24-37(33-60)25-27-38)28-31-68(59)52(43)78-48-23-14-11-18-39(48)34-63-44(49(69)65-45)21-17-30-62-54(73)76-57(4,5)6/h11-14,18-19,22-28,36,44-45,47,63H,15-17,20-21,29-32,34-35H2,1-10H3,(H,61,72)(H,62,73)(H,64,70)(H,65,69)/t44-,45-,47-/m0/s1. The molecule has 5 amide bonds. The van der Waals surface area contributed by atoms with Crippen molar-refractivity contribution in [2.45, 2.75) is 147 Å². The second-order valence-electron chi connectivity index (χ2n) is 22.2. The number of aromatic nitrogens is 1. The van der Waals surface area contributed by atoms with Crippen LogP contribution in [-0.4, -0.2) is 118 Å². The number of hydrogen-bond donors (Lipinski definition) is 5. The number of hydrogen-bond acceptors (Lipinski definition) is 13. The van der Waals surface area contributed by atoms with E-state index in [4.69, 9.17) is 26.0 Å². The molecule has 3 atom stereocenters. The summed E-state index contributed by atoms with van der Waals surface area (Å²) in [6.07, 6.45) is 3.25. The van der Waals surface area contributed by atoms with Crippen molar-refractivity contribution in [1.82, 2.24) is 40.5 Å². The number of rotatable bonds is 12. The lowest BCUT2D eigenvalue weighted by molar-refractivity contribution is -0.142. The summed E-state index contributed by atoms with van der Waals surface area (Å²) in [5, 5.41) is 26.2. The van der Waals surface area contributed by atoms with Crippen molar-refractivity contribution >= 4 is 76.0 Å². The van der Waals surface area contributed by atoms with Gasteiger partial charge in [0.2, 0.25) is 17.7 Å². The van der Waals surface area contributed by atoms with Crippen molar-refractivity contribution < 1.29 is 43.0 Å². The number of halogens is 1. The predicted molar refractivity (Wildman–Crippen MR) is 302 cm³/mol. The Hall–Kier alpha value is -7.01. The van der Waals surface area contributed by atoms with Gasteiger partial charge in [-0.3, -0.25) is 23.4 Å². The minimum Gasteiger partial charge on any atom is -0.444 e. The van der Waals surface area contributed by atoms with Crippen molar-refractivity contribution in [2.24, 2.45) is 0 Å². The van der Waals surface area contributed by atoms with Crippen LogP contribution in [0.1, 0.15) is 117 Å². The minimum atomic E-state index is -1.22. The van der Waals surface area contributed by atoms with E-state index in [2.05, 4.69) is 32.7 Å². The largest absolute Gasteiger partial charge is 0.444 e. The summed E-state index contributed by atoms with van der Waals surface area (Å²) in [7, 11) is 1.52. The smallest absolute Gasteiger partial charge is 0.419 e. The highest BCUT2D eigenvalue weighted by Crippen LogP contribution is 2.42. The molecule has 4 aromatic rings. The molecule has 1 aromatic heterocycles. The van der Waals surface area contributed by atoms with E-state index in [-0.39, 0.29) is 45.4 Å². The minimum absolute atomic E-state index is 0.0426. The number of nitrogens with zero attached hydrogens (tertiary/aromatic N) is 4. The number of nitrogens with one attached hydrogen (secondary N) is 5. The van der Waals surface area contributed by atoms with Crippen LogP contribution in [0.3, 0.4) is 0 Å². The van der Waals surface area contributed by atoms with E-state index in [0.717, 1.165) is 21.6 Å². The van der Waals surface area contributed by atoms with Crippen molar-refractivity contribution in [3.05, 3.63) is 118 Å². The molecular weight excluding hydrogens is 1030 g/mol. The van der Waals surface area contributed by atoms with Crippen LogP contribution in [0.5, 0.6) is 0 Å². The van der Waals surface area contributed by atoms with Crippen LogP contribution in [-0.2, 0) is 41.6 Å². The highest BCUT2D eigenvalue weighted by molar-refractivity contribution is 8.03. The molecule has 0 fully saturated rings. The number of ether oxygens (including phenoxy) is 3. The first-order valence-corrected chi connectivity index (χ1v) is 27.4. The average Bonchev–Trinajstić information content (AvgIpc) is 3.80. The molecule has 2 aliphatic rings. The number of likely N-dealkylation sites (N-methyl/N-ethyl adjacent to an activating group) is 1. The van der Waals surface area contributed by atoms with Gasteiger partial charge in [-0.15, -0.1) is 0 Å². The quantitative estimate of drug-likeness (QED) is 0.0507. The van der Waals surface area contributed by atoms with Crippen LogP contribution >= 0.6 is 23.5 Å². The zero-order valence-electron chi connectivity index (χ0n) is 46.3. The number of unbranched alkanes of at least 4 members (excludes halogenated alkanes) is 1. The van der Waals surface area contributed by atoms with E-state index in [0.29, 0.717) is 58.4 Å². The first-order valence-electron chi connectivity index (χ1n) is 26.3. The van der Waals surface area contributed by atoms with Gasteiger partial charge < -0.3 is 45.7 Å². The van der Waals surface area contributed by atoms with Gasteiger partial charge in [0.25, 0.3) is 0 Å². The maximum atomic E-state index is 15.3. The first kappa shape index (κ1) is 60.2. The summed E-state index contributed by atoms with van der Waals surface area (Å²) in [6.45, 7) is 16.8. The topological polar surface area (TPSA) is 225 Å². The molecule has 0 aliphatic carbocycles. The number of amides is 5. The zero-order chi connectivity index (χ0) is 57.0. The van der Waals surface area contributed by atoms with Crippen molar-refractivity contribution in [1.29, 1.82) is 5.26 Å². The molecule has 3 heterocycles. The molecule has 78 heavy (non-hydrogen) atoms. The van der Waals surface area contributed by atoms with Crippen LogP contribution in [0, 0.1) is 11.3 Å². The highest BCUT2D eigenvalue weighted by atomic mass is 35.5.